The molecular weight excluding hydrogens is 204 g/mol. The quantitative estimate of drug-likeness (QED) is 0.672. The average molecular weight is 222 g/mol. The van der Waals surface area contributed by atoms with Crippen LogP contribution < -0.4 is 0 Å². The standard InChI is InChI=1S/C13H18O3/c1-15-11-9-3-8-4-10(11)7-13(5-8,6-9)12(14)16-2/h8-9H,3-7H2,1-2H3. The fraction of sp³-hybridized carbons (Fsp3) is 0.769. The van der Waals surface area contributed by atoms with E-state index in [2.05, 4.69) is 0 Å². The Balaban J connectivity index is 2.00. The minimum Gasteiger partial charge on any atom is -0.501 e. The molecule has 0 aromatic heterocycles. The van der Waals surface area contributed by atoms with Crippen LogP contribution in [0.5, 0.6) is 0 Å². The van der Waals surface area contributed by atoms with Crippen molar-refractivity contribution >= 4 is 5.97 Å². The Hall–Kier alpha value is -0.990. The van der Waals surface area contributed by atoms with Crippen LogP contribution in [-0.4, -0.2) is 20.2 Å². The first-order valence-electron chi connectivity index (χ1n) is 6.03. The molecule has 4 rings (SSSR count). The fourth-order valence-corrected chi connectivity index (χ4v) is 4.25. The van der Waals surface area contributed by atoms with E-state index in [1.54, 1.807) is 7.11 Å². The maximum Gasteiger partial charge on any atom is 0.312 e. The molecule has 3 nitrogen and oxygen atoms in total. The van der Waals surface area contributed by atoms with Crippen LogP contribution in [0, 0.1) is 17.3 Å². The van der Waals surface area contributed by atoms with E-state index in [1.807, 2.05) is 0 Å². The number of methoxy groups -OCH3 is 2. The van der Waals surface area contributed by atoms with Gasteiger partial charge in [0.2, 0.25) is 0 Å². The van der Waals surface area contributed by atoms with Crippen molar-refractivity contribution in [2.45, 2.75) is 32.1 Å². The van der Waals surface area contributed by atoms with Crippen molar-refractivity contribution in [3.05, 3.63) is 11.3 Å². The maximum atomic E-state index is 12.0. The zero-order valence-corrected chi connectivity index (χ0v) is 9.91. The van der Waals surface area contributed by atoms with Gasteiger partial charge < -0.3 is 9.47 Å². The number of allylic oxidation sites excluding steroid dienone is 2. The Kier molecular flexibility index (Phi) is 2.07. The van der Waals surface area contributed by atoms with Gasteiger partial charge in [-0.05, 0) is 43.6 Å². The third-order valence-electron chi connectivity index (χ3n) is 4.58. The lowest BCUT2D eigenvalue weighted by molar-refractivity contribution is -0.160. The summed E-state index contributed by atoms with van der Waals surface area (Å²) in [7, 11) is 3.27. The van der Waals surface area contributed by atoms with Gasteiger partial charge in [0, 0.05) is 5.92 Å². The number of ether oxygens (including phenoxy) is 2. The van der Waals surface area contributed by atoms with Gasteiger partial charge in [-0.15, -0.1) is 0 Å². The zero-order chi connectivity index (χ0) is 11.3. The number of esters is 1. The van der Waals surface area contributed by atoms with Crippen LogP contribution in [0.15, 0.2) is 11.3 Å². The topological polar surface area (TPSA) is 35.5 Å². The molecule has 4 aliphatic carbocycles. The minimum atomic E-state index is -0.210. The van der Waals surface area contributed by atoms with Gasteiger partial charge in [0.05, 0.1) is 25.4 Å². The number of hydrogen-bond donors (Lipinski definition) is 0. The van der Waals surface area contributed by atoms with Crippen LogP contribution in [0.2, 0.25) is 0 Å². The van der Waals surface area contributed by atoms with E-state index in [0.29, 0.717) is 11.8 Å². The van der Waals surface area contributed by atoms with Crippen molar-refractivity contribution in [3.63, 3.8) is 0 Å². The molecule has 4 aliphatic rings. The summed E-state index contributed by atoms with van der Waals surface area (Å²) in [4.78, 5) is 12.0. The SMILES string of the molecule is COC(=O)C12CC3=C(OC)C(CC(C3)C1)C2. The molecule has 0 radical (unpaired) electrons. The molecule has 0 amide bonds. The second kappa shape index (κ2) is 3.25. The van der Waals surface area contributed by atoms with Crippen molar-refractivity contribution in [3.8, 4) is 0 Å². The summed E-state index contributed by atoms with van der Waals surface area (Å²) >= 11 is 0. The van der Waals surface area contributed by atoms with Gasteiger partial charge in [0.15, 0.2) is 0 Å². The summed E-state index contributed by atoms with van der Waals surface area (Å²) < 4.78 is 10.5. The van der Waals surface area contributed by atoms with Crippen LogP contribution in [0.1, 0.15) is 32.1 Å². The van der Waals surface area contributed by atoms with E-state index < -0.39 is 0 Å². The van der Waals surface area contributed by atoms with Gasteiger partial charge in [-0.25, -0.2) is 0 Å². The van der Waals surface area contributed by atoms with Crippen LogP contribution >= 0.6 is 0 Å². The lowest BCUT2D eigenvalue weighted by Crippen LogP contribution is -2.48. The summed E-state index contributed by atoms with van der Waals surface area (Å²) in [6.07, 6.45) is 5.17. The predicted octanol–water partition coefficient (Wildman–Crippen LogP) is 2.27. The second-order valence-electron chi connectivity index (χ2n) is 5.53. The van der Waals surface area contributed by atoms with Crippen molar-refractivity contribution < 1.29 is 14.3 Å². The summed E-state index contributed by atoms with van der Waals surface area (Å²) in [5, 5.41) is 0. The Labute approximate surface area is 95.8 Å². The number of carbonyl (C=O) groups is 1. The molecule has 0 aromatic rings. The smallest absolute Gasteiger partial charge is 0.312 e. The van der Waals surface area contributed by atoms with Crippen molar-refractivity contribution in [1.82, 2.24) is 0 Å². The van der Waals surface area contributed by atoms with Crippen molar-refractivity contribution in [2.24, 2.45) is 17.3 Å². The molecular formula is C13H18O3. The highest BCUT2D eigenvalue weighted by molar-refractivity contribution is 5.78. The Bertz CT molecular complexity index is 371. The molecule has 0 aliphatic heterocycles. The van der Waals surface area contributed by atoms with Gasteiger partial charge >= 0.3 is 5.97 Å². The normalized spacial score (nSPS) is 40.1. The molecule has 0 spiro atoms. The minimum absolute atomic E-state index is 0.00504. The van der Waals surface area contributed by atoms with Crippen LogP contribution in [0.3, 0.4) is 0 Å². The highest BCUT2D eigenvalue weighted by Crippen LogP contribution is 2.60. The van der Waals surface area contributed by atoms with Crippen LogP contribution in [0.25, 0.3) is 0 Å². The number of hydrogen-bond acceptors (Lipinski definition) is 3. The molecule has 4 bridgehead atoms. The van der Waals surface area contributed by atoms with Gasteiger partial charge in [-0.2, -0.15) is 0 Å². The first-order valence-corrected chi connectivity index (χ1v) is 6.03. The molecule has 88 valence electrons. The Morgan fingerprint density at radius 1 is 1.38 bits per heavy atom. The predicted molar refractivity (Wildman–Crippen MR) is 58.5 cm³/mol. The number of rotatable bonds is 2. The second-order valence-corrected chi connectivity index (χ2v) is 5.53. The Morgan fingerprint density at radius 2 is 2.19 bits per heavy atom. The maximum absolute atomic E-state index is 12.0. The molecule has 2 fully saturated rings. The summed E-state index contributed by atoms with van der Waals surface area (Å²) in [5.41, 5.74) is 1.17. The fourth-order valence-electron chi connectivity index (χ4n) is 4.25. The molecule has 0 aromatic carbocycles. The molecule has 3 heteroatoms. The van der Waals surface area contributed by atoms with E-state index in [9.17, 15) is 4.79 Å². The molecule has 3 unspecified atom stereocenters. The summed E-state index contributed by atoms with van der Waals surface area (Å²) in [5.74, 6) is 2.32. The Morgan fingerprint density at radius 3 is 2.81 bits per heavy atom. The van der Waals surface area contributed by atoms with Crippen molar-refractivity contribution in [2.75, 3.05) is 14.2 Å². The molecule has 0 saturated heterocycles. The largest absolute Gasteiger partial charge is 0.501 e. The lowest BCUT2D eigenvalue weighted by Gasteiger charge is -2.52. The molecule has 16 heavy (non-hydrogen) atoms. The zero-order valence-electron chi connectivity index (χ0n) is 9.91. The monoisotopic (exact) mass is 222 g/mol. The summed E-state index contributed by atoms with van der Waals surface area (Å²) in [6, 6.07) is 0. The highest BCUT2D eigenvalue weighted by atomic mass is 16.5. The molecule has 2 saturated carbocycles. The van der Waals surface area contributed by atoms with Gasteiger partial charge in [0.1, 0.15) is 0 Å². The van der Waals surface area contributed by atoms with E-state index in [4.69, 9.17) is 9.47 Å². The average Bonchev–Trinajstić information content (AvgIpc) is 2.27. The van der Waals surface area contributed by atoms with Gasteiger partial charge in [0.25, 0.3) is 0 Å². The van der Waals surface area contributed by atoms with E-state index in [-0.39, 0.29) is 11.4 Å². The number of carbonyl (C=O) groups excluding carboxylic acids is 1. The molecule has 3 atom stereocenters. The van der Waals surface area contributed by atoms with E-state index in [1.165, 1.54) is 24.9 Å². The third-order valence-corrected chi connectivity index (χ3v) is 4.58. The molecule has 0 heterocycles. The lowest BCUT2D eigenvalue weighted by atomic mass is 9.53. The summed E-state index contributed by atoms with van der Waals surface area (Å²) in [6.45, 7) is 0. The third kappa shape index (κ3) is 1.17. The van der Waals surface area contributed by atoms with Crippen LogP contribution in [-0.2, 0) is 14.3 Å². The highest BCUT2D eigenvalue weighted by Gasteiger charge is 2.55. The van der Waals surface area contributed by atoms with Crippen molar-refractivity contribution in [1.29, 1.82) is 0 Å². The van der Waals surface area contributed by atoms with E-state index in [0.717, 1.165) is 25.7 Å². The first-order chi connectivity index (χ1) is 7.68. The van der Waals surface area contributed by atoms with Gasteiger partial charge in [-0.1, -0.05) is 0 Å². The first kappa shape index (κ1) is 10.2. The molecule has 0 N–H and O–H groups in total. The van der Waals surface area contributed by atoms with E-state index >= 15 is 0 Å². The van der Waals surface area contributed by atoms with Crippen LogP contribution in [0.4, 0.5) is 0 Å². The van der Waals surface area contributed by atoms with Gasteiger partial charge in [-0.3, -0.25) is 4.79 Å².